The Bertz CT molecular complexity index is 556. The van der Waals surface area contributed by atoms with Crippen molar-refractivity contribution in [1.29, 1.82) is 0 Å². The fourth-order valence-electron chi connectivity index (χ4n) is 1.98. The monoisotopic (exact) mass is 294 g/mol. The number of aliphatic hydroxyl groups is 1. The van der Waals surface area contributed by atoms with E-state index in [4.69, 9.17) is 16.3 Å². The molecule has 1 heterocycles. The molecule has 0 aliphatic carbocycles. The van der Waals surface area contributed by atoms with Crippen LogP contribution >= 0.6 is 11.6 Å². The van der Waals surface area contributed by atoms with Gasteiger partial charge in [0.2, 0.25) is 0 Å². The van der Waals surface area contributed by atoms with Crippen molar-refractivity contribution in [3.05, 3.63) is 47.2 Å². The quantitative estimate of drug-likeness (QED) is 0.891. The van der Waals surface area contributed by atoms with Gasteiger partial charge >= 0.3 is 0 Å². The maximum Gasteiger partial charge on any atom is 0.122 e. The van der Waals surface area contributed by atoms with E-state index in [0.717, 1.165) is 12.0 Å². The largest absolute Gasteiger partial charge is 0.488 e. The van der Waals surface area contributed by atoms with Crippen LogP contribution in [0.25, 0.3) is 0 Å². The molecule has 1 N–H and O–H groups in total. The van der Waals surface area contributed by atoms with Crippen LogP contribution in [0.2, 0.25) is 5.02 Å². The average Bonchev–Trinajstić information content (AvgIpc) is 2.81. The van der Waals surface area contributed by atoms with Gasteiger partial charge in [0.05, 0.1) is 12.3 Å². The summed E-state index contributed by atoms with van der Waals surface area (Å²) >= 11 is 5.90. The number of halogens is 1. The van der Waals surface area contributed by atoms with E-state index in [9.17, 15) is 5.11 Å². The maximum absolute atomic E-state index is 10.1. The molecule has 0 saturated heterocycles. The Kier molecular flexibility index (Phi) is 5.04. The molecule has 2 atom stereocenters. The van der Waals surface area contributed by atoms with Gasteiger partial charge in [0, 0.05) is 18.3 Å². The third-order valence-electron chi connectivity index (χ3n) is 3.15. The molecular formula is C15H19ClN2O2. The second-order valence-electron chi connectivity index (χ2n) is 4.91. The van der Waals surface area contributed by atoms with Gasteiger partial charge in [0.25, 0.3) is 0 Å². The van der Waals surface area contributed by atoms with Crippen molar-refractivity contribution in [1.82, 2.24) is 9.78 Å². The maximum atomic E-state index is 10.1. The van der Waals surface area contributed by atoms with E-state index in [1.54, 1.807) is 16.8 Å². The first-order chi connectivity index (χ1) is 9.54. The molecule has 0 radical (unpaired) electrons. The number of rotatable bonds is 6. The highest BCUT2D eigenvalue weighted by Gasteiger charge is 2.16. The third kappa shape index (κ3) is 4.25. The number of hydrogen-bond acceptors (Lipinski definition) is 3. The highest BCUT2D eigenvalue weighted by molar-refractivity contribution is 6.30. The highest BCUT2D eigenvalue weighted by atomic mass is 35.5. The number of aryl methyl sites for hydroxylation is 2. The van der Waals surface area contributed by atoms with E-state index in [2.05, 4.69) is 5.10 Å². The van der Waals surface area contributed by atoms with Gasteiger partial charge in [-0.1, -0.05) is 17.7 Å². The third-order valence-corrected chi connectivity index (χ3v) is 3.38. The first kappa shape index (κ1) is 14.9. The molecular weight excluding hydrogens is 276 g/mol. The smallest absolute Gasteiger partial charge is 0.122 e. The van der Waals surface area contributed by atoms with Crippen LogP contribution in [0.1, 0.15) is 18.9 Å². The van der Waals surface area contributed by atoms with Gasteiger partial charge in [0.15, 0.2) is 0 Å². The van der Waals surface area contributed by atoms with Crippen LogP contribution in [-0.4, -0.2) is 27.1 Å². The lowest BCUT2D eigenvalue weighted by Gasteiger charge is -2.20. The average molecular weight is 295 g/mol. The molecule has 0 amide bonds. The molecule has 0 fully saturated rings. The molecule has 2 aromatic rings. The summed E-state index contributed by atoms with van der Waals surface area (Å²) in [6, 6.07) is 7.19. The van der Waals surface area contributed by atoms with E-state index >= 15 is 0 Å². The van der Waals surface area contributed by atoms with Crippen LogP contribution in [0.15, 0.2) is 36.7 Å². The van der Waals surface area contributed by atoms with Crippen LogP contribution in [0.5, 0.6) is 5.75 Å². The summed E-state index contributed by atoms with van der Waals surface area (Å²) in [6.45, 7) is 1.86. The fourth-order valence-corrected chi connectivity index (χ4v) is 2.16. The standard InChI is InChI=1S/C15H19ClN2O2/c1-11(20-14-5-3-4-13(16)8-14)15(19)7-6-12-9-17-18(2)10-12/h3-5,8-11,15,19H,6-7H2,1-2H3. The van der Waals surface area contributed by atoms with Crippen molar-refractivity contribution in [2.45, 2.75) is 32.0 Å². The summed E-state index contributed by atoms with van der Waals surface area (Å²) in [6.07, 6.45) is 4.36. The summed E-state index contributed by atoms with van der Waals surface area (Å²) in [5, 5.41) is 14.9. The Hall–Kier alpha value is -1.52. The Morgan fingerprint density at radius 3 is 2.90 bits per heavy atom. The Morgan fingerprint density at radius 2 is 2.25 bits per heavy atom. The van der Waals surface area contributed by atoms with Crippen molar-refractivity contribution in [3.63, 3.8) is 0 Å². The molecule has 5 heteroatoms. The van der Waals surface area contributed by atoms with Crippen molar-refractivity contribution >= 4 is 11.6 Å². The molecule has 0 aliphatic rings. The van der Waals surface area contributed by atoms with E-state index in [-0.39, 0.29) is 6.10 Å². The molecule has 4 nitrogen and oxygen atoms in total. The molecule has 0 aliphatic heterocycles. The zero-order valence-corrected chi connectivity index (χ0v) is 12.4. The van der Waals surface area contributed by atoms with Gasteiger partial charge in [-0.25, -0.2) is 0 Å². The molecule has 2 unspecified atom stereocenters. The molecule has 20 heavy (non-hydrogen) atoms. The summed E-state index contributed by atoms with van der Waals surface area (Å²) in [5.41, 5.74) is 1.11. The summed E-state index contributed by atoms with van der Waals surface area (Å²) < 4.78 is 7.45. The number of ether oxygens (including phenoxy) is 1. The number of nitrogens with zero attached hydrogens (tertiary/aromatic N) is 2. The van der Waals surface area contributed by atoms with Crippen molar-refractivity contribution in [3.8, 4) is 5.75 Å². The number of aliphatic hydroxyl groups excluding tert-OH is 1. The van der Waals surface area contributed by atoms with Gasteiger partial charge in [0.1, 0.15) is 11.9 Å². The van der Waals surface area contributed by atoms with Gasteiger partial charge in [-0.3, -0.25) is 4.68 Å². The van der Waals surface area contributed by atoms with Crippen LogP contribution in [-0.2, 0) is 13.5 Å². The first-order valence-electron chi connectivity index (χ1n) is 6.62. The fraction of sp³-hybridized carbons (Fsp3) is 0.400. The lowest BCUT2D eigenvalue weighted by atomic mass is 10.1. The normalized spacial score (nSPS) is 14.0. The van der Waals surface area contributed by atoms with Gasteiger partial charge < -0.3 is 9.84 Å². The summed E-state index contributed by atoms with van der Waals surface area (Å²) in [5.74, 6) is 0.672. The predicted molar refractivity (Wildman–Crippen MR) is 79.1 cm³/mol. The minimum Gasteiger partial charge on any atom is -0.488 e. The lowest BCUT2D eigenvalue weighted by Crippen LogP contribution is -2.29. The Labute approximate surface area is 123 Å². The van der Waals surface area contributed by atoms with Gasteiger partial charge in [-0.2, -0.15) is 5.10 Å². The molecule has 0 saturated carbocycles. The summed E-state index contributed by atoms with van der Waals surface area (Å²) in [4.78, 5) is 0. The SMILES string of the molecule is CC(Oc1cccc(Cl)c1)C(O)CCc1cnn(C)c1. The molecule has 2 rings (SSSR count). The van der Waals surface area contributed by atoms with Gasteiger partial charge in [-0.05, 0) is 43.5 Å². The molecule has 108 valence electrons. The number of hydrogen-bond donors (Lipinski definition) is 1. The predicted octanol–water partition coefficient (Wildman–Crippen LogP) is 2.83. The topological polar surface area (TPSA) is 47.3 Å². The number of benzene rings is 1. The number of aromatic nitrogens is 2. The van der Waals surface area contributed by atoms with E-state index in [1.807, 2.05) is 38.5 Å². The Balaban J connectivity index is 1.84. The van der Waals surface area contributed by atoms with E-state index in [1.165, 1.54) is 0 Å². The minimum absolute atomic E-state index is 0.287. The van der Waals surface area contributed by atoms with Crippen molar-refractivity contribution < 1.29 is 9.84 Å². The molecule has 0 spiro atoms. The van der Waals surface area contributed by atoms with Crippen molar-refractivity contribution in [2.24, 2.45) is 7.05 Å². The van der Waals surface area contributed by atoms with Crippen molar-refractivity contribution in [2.75, 3.05) is 0 Å². The minimum atomic E-state index is -0.533. The van der Waals surface area contributed by atoms with Gasteiger partial charge in [-0.15, -0.1) is 0 Å². The molecule has 0 bridgehead atoms. The molecule has 1 aromatic carbocycles. The van der Waals surface area contributed by atoms with Crippen LogP contribution in [0.4, 0.5) is 0 Å². The molecule has 1 aromatic heterocycles. The van der Waals surface area contributed by atoms with E-state index in [0.29, 0.717) is 17.2 Å². The van der Waals surface area contributed by atoms with E-state index < -0.39 is 6.10 Å². The Morgan fingerprint density at radius 1 is 1.45 bits per heavy atom. The lowest BCUT2D eigenvalue weighted by molar-refractivity contribution is 0.0420. The second-order valence-corrected chi connectivity index (χ2v) is 5.35. The zero-order valence-electron chi connectivity index (χ0n) is 11.7. The zero-order chi connectivity index (χ0) is 14.5. The summed E-state index contributed by atoms with van der Waals surface area (Å²) in [7, 11) is 1.88. The van der Waals surface area contributed by atoms with Crippen LogP contribution in [0, 0.1) is 0 Å². The van der Waals surface area contributed by atoms with Crippen LogP contribution in [0.3, 0.4) is 0 Å². The van der Waals surface area contributed by atoms with Crippen LogP contribution < -0.4 is 4.74 Å². The second kappa shape index (κ2) is 6.77. The highest BCUT2D eigenvalue weighted by Crippen LogP contribution is 2.20. The first-order valence-corrected chi connectivity index (χ1v) is 7.00.